The fourth-order valence-electron chi connectivity index (χ4n) is 3.98. The third-order valence-electron chi connectivity index (χ3n) is 5.11. The minimum absolute atomic E-state index is 0.318. The summed E-state index contributed by atoms with van der Waals surface area (Å²) in [5, 5.41) is 10.3. The summed E-state index contributed by atoms with van der Waals surface area (Å²) in [5.74, 6) is 0.797. The van der Waals surface area contributed by atoms with Gasteiger partial charge in [0.15, 0.2) is 9.84 Å². The molecule has 0 aliphatic carbocycles. The predicted molar refractivity (Wildman–Crippen MR) is 81.3 cm³/mol. The number of ether oxygens (including phenoxy) is 1. The van der Waals surface area contributed by atoms with Crippen LogP contribution in [0.5, 0.6) is 5.75 Å². The number of benzene rings is 1. The van der Waals surface area contributed by atoms with Crippen LogP contribution in [0, 0.1) is 13.8 Å². The molecule has 116 valence electrons. The summed E-state index contributed by atoms with van der Waals surface area (Å²) in [7, 11) is -1.40. The Morgan fingerprint density at radius 1 is 1.14 bits per heavy atom. The molecule has 0 saturated carbocycles. The Kier molecular flexibility index (Phi) is 3.33. The van der Waals surface area contributed by atoms with Crippen molar-refractivity contribution in [3.63, 3.8) is 0 Å². The lowest BCUT2D eigenvalue weighted by Gasteiger charge is -2.37. The van der Waals surface area contributed by atoms with E-state index in [2.05, 4.69) is 0 Å². The van der Waals surface area contributed by atoms with E-state index in [9.17, 15) is 13.5 Å². The van der Waals surface area contributed by atoms with Gasteiger partial charge in [-0.2, -0.15) is 0 Å². The van der Waals surface area contributed by atoms with Crippen LogP contribution >= 0.6 is 0 Å². The Balaban J connectivity index is 2.04. The zero-order valence-corrected chi connectivity index (χ0v) is 13.5. The maximum absolute atomic E-state index is 12.2. The molecule has 2 heterocycles. The molecule has 2 aliphatic rings. The van der Waals surface area contributed by atoms with Gasteiger partial charge in [0.1, 0.15) is 5.75 Å². The molecule has 2 unspecified atom stereocenters. The van der Waals surface area contributed by atoms with Crippen LogP contribution in [0.3, 0.4) is 0 Å². The first kappa shape index (κ1) is 14.9. The molecule has 2 fully saturated rings. The van der Waals surface area contributed by atoms with E-state index in [0.29, 0.717) is 25.7 Å². The Hall–Kier alpha value is -1.07. The van der Waals surface area contributed by atoms with Crippen molar-refractivity contribution in [2.45, 2.75) is 55.6 Å². The van der Waals surface area contributed by atoms with E-state index in [4.69, 9.17) is 4.74 Å². The summed E-state index contributed by atoms with van der Waals surface area (Å²) in [5.41, 5.74) is 1.75. The molecule has 4 nitrogen and oxygen atoms in total. The van der Waals surface area contributed by atoms with Crippen LogP contribution in [-0.2, 0) is 15.4 Å². The van der Waals surface area contributed by atoms with Gasteiger partial charge in [-0.05, 0) is 68.4 Å². The standard InChI is InChI=1S/C16H22O4S/c1-10-7-15(20-3)11(2)6-14(10)16(17)8-12-4-5-13(9-16)21(12,18)19/h6-7,12-13,17H,4-5,8-9H2,1-3H3. The van der Waals surface area contributed by atoms with Gasteiger partial charge in [0.05, 0.1) is 23.2 Å². The Morgan fingerprint density at radius 3 is 2.24 bits per heavy atom. The largest absolute Gasteiger partial charge is 0.496 e. The number of aryl methyl sites for hydroxylation is 2. The number of sulfone groups is 1. The van der Waals surface area contributed by atoms with Crippen molar-refractivity contribution < 1.29 is 18.3 Å². The molecule has 5 heteroatoms. The minimum Gasteiger partial charge on any atom is -0.496 e. The maximum Gasteiger partial charge on any atom is 0.156 e. The Morgan fingerprint density at radius 2 is 1.71 bits per heavy atom. The second-order valence-electron chi connectivity index (χ2n) is 6.49. The molecule has 0 radical (unpaired) electrons. The van der Waals surface area contributed by atoms with Gasteiger partial charge in [0.2, 0.25) is 0 Å². The fraction of sp³-hybridized carbons (Fsp3) is 0.625. The van der Waals surface area contributed by atoms with E-state index in [-0.39, 0.29) is 10.5 Å². The fourth-order valence-corrected chi connectivity index (χ4v) is 6.47. The first-order chi connectivity index (χ1) is 9.78. The van der Waals surface area contributed by atoms with Crippen LogP contribution in [-0.4, -0.2) is 31.1 Å². The number of rotatable bonds is 2. The summed E-state index contributed by atoms with van der Waals surface area (Å²) >= 11 is 0. The van der Waals surface area contributed by atoms with Crippen molar-refractivity contribution in [2.24, 2.45) is 0 Å². The van der Waals surface area contributed by atoms with E-state index in [1.165, 1.54) is 0 Å². The number of methoxy groups -OCH3 is 1. The molecule has 2 bridgehead atoms. The third-order valence-corrected chi connectivity index (χ3v) is 7.78. The summed E-state index contributed by atoms with van der Waals surface area (Å²) < 4.78 is 29.7. The molecule has 2 saturated heterocycles. The highest BCUT2D eigenvalue weighted by Gasteiger charge is 2.53. The molecule has 0 aromatic heterocycles. The van der Waals surface area contributed by atoms with Gasteiger partial charge in [-0.3, -0.25) is 0 Å². The van der Waals surface area contributed by atoms with Crippen LogP contribution in [0.4, 0.5) is 0 Å². The number of aliphatic hydroxyl groups is 1. The van der Waals surface area contributed by atoms with E-state index < -0.39 is 15.4 Å². The zero-order chi connectivity index (χ0) is 15.4. The minimum atomic E-state index is -3.03. The molecule has 1 aromatic rings. The highest BCUT2D eigenvalue weighted by atomic mass is 32.2. The summed E-state index contributed by atoms with van der Waals surface area (Å²) in [6, 6.07) is 3.87. The van der Waals surface area contributed by atoms with Crippen LogP contribution in [0.1, 0.15) is 42.4 Å². The molecular formula is C16H22O4S. The second kappa shape index (κ2) is 4.71. The topological polar surface area (TPSA) is 63.6 Å². The molecule has 0 amide bonds. The average Bonchev–Trinajstić information content (AvgIpc) is 2.61. The quantitative estimate of drug-likeness (QED) is 0.910. The van der Waals surface area contributed by atoms with Crippen LogP contribution in [0.2, 0.25) is 0 Å². The van der Waals surface area contributed by atoms with Gasteiger partial charge in [0, 0.05) is 0 Å². The van der Waals surface area contributed by atoms with Gasteiger partial charge in [-0.15, -0.1) is 0 Å². The monoisotopic (exact) mass is 310 g/mol. The molecule has 1 aromatic carbocycles. The van der Waals surface area contributed by atoms with Crippen LogP contribution in [0.15, 0.2) is 12.1 Å². The van der Waals surface area contributed by atoms with E-state index in [1.54, 1.807) is 7.11 Å². The molecule has 2 atom stereocenters. The summed E-state index contributed by atoms with van der Waals surface area (Å²) in [4.78, 5) is 0. The van der Waals surface area contributed by atoms with Crippen molar-refractivity contribution in [2.75, 3.05) is 7.11 Å². The van der Waals surface area contributed by atoms with Gasteiger partial charge in [-0.25, -0.2) is 8.42 Å². The van der Waals surface area contributed by atoms with Crippen molar-refractivity contribution in [3.05, 3.63) is 28.8 Å². The Bertz CT molecular complexity index is 658. The molecule has 3 rings (SSSR count). The first-order valence-electron chi connectivity index (χ1n) is 7.39. The van der Waals surface area contributed by atoms with Crippen molar-refractivity contribution in [1.29, 1.82) is 0 Å². The van der Waals surface area contributed by atoms with Crippen molar-refractivity contribution in [3.8, 4) is 5.75 Å². The van der Waals surface area contributed by atoms with E-state index in [0.717, 1.165) is 22.4 Å². The lowest BCUT2D eigenvalue weighted by Crippen LogP contribution is -2.43. The van der Waals surface area contributed by atoms with Crippen molar-refractivity contribution in [1.82, 2.24) is 0 Å². The predicted octanol–water partition coefficient (Wildman–Crippen LogP) is 2.24. The maximum atomic E-state index is 12.2. The van der Waals surface area contributed by atoms with Gasteiger partial charge in [0.25, 0.3) is 0 Å². The average molecular weight is 310 g/mol. The Labute approximate surface area is 126 Å². The second-order valence-corrected chi connectivity index (χ2v) is 9.00. The first-order valence-corrected chi connectivity index (χ1v) is 8.99. The molecular weight excluding hydrogens is 288 g/mol. The van der Waals surface area contributed by atoms with Gasteiger partial charge in [-0.1, -0.05) is 0 Å². The SMILES string of the molecule is COc1cc(C)c(C2(O)CC3CCC(C2)S3(=O)=O)cc1C. The zero-order valence-electron chi connectivity index (χ0n) is 12.7. The molecule has 2 aliphatic heterocycles. The molecule has 1 N–H and O–H groups in total. The molecule has 21 heavy (non-hydrogen) atoms. The number of hydrogen-bond acceptors (Lipinski definition) is 4. The van der Waals surface area contributed by atoms with Crippen LogP contribution < -0.4 is 4.74 Å². The lowest BCUT2D eigenvalue weighted by molar-refractivity contribution is 0.0166. The smallest absolute Gasteiger partial charge is 0.156 e. The van der Waals surface area contributed by atoms with Crippen LogP contribution in [0.25, 0.3) is 0 Å². The third kappa shape index (κ3) is 2.18. The number of hydrogen-bond donors (Lipinski definition) is 1. The van der Waals surface area contributed by atoms with E-state index in [1.807, 2.05) is 26.0 Å². The van der Waals surface area contributed by atoms with Gasteiger partial charge >= 0.3 is 0 Å². The highest BCUT2D eigenvalue weighted by molar-refractivity contribution is 7.93. The lowest BCUT2D eigenvalue weighted by atomic mass is 9.82. The summed E-state index contributed by atoms with van der Waals surface area (Å²) in [6.45, 7) is 3.89. The normalized spacial score (nSPS) is 33.9. The molecule has 0 spiro atoms. The van der Waals surface area contributed by atoms with Crippen molar-refractivity contribution >= 4 is 9.84 Å². The van der Waals surface area contributed by atoms with Gasteiger partial charge < -0.3 is 9.84 Å². The number of fused-ring (bicyclic) bond motifs is 2. The highest BCUT2D eigenvalue weighted by Crippen LogP contribution is 2.48. The van der Waals surface area contributed by atoms with E-state index >= 15 is 0 Å². The summed E-state index contributed by atoms with van der Waals surface area (Å²) in [6.07, 6.45) is 2.00.